The Kier molecular flexibility index (Phi) is 2.37. The lowest BCUT2D eigenvalue weighted by Gasteiger charge is -1.99. The molecule has 0 atom stereocenters. The van der Waals surface area contributed by atoms with E-state index in [1.807, 2.05) is 13.0 Å². The van der Waals surface area contributed by atoms with E-state index in [2.05, 4.69) is 10.1 Å². The van der Waals surface area contributed by atoms with Crippen LogP contribution in [0.2, 0.25) is 0 Å². The van der Waals surface area contributed by atoms with Crippen LogP contribution in [-0.2, 0) is 4.74 Å². The summed E-state index contributed by atoms with van der Waals surface area (Å²) in [5.41, 5.74) is 1.78. The summed E-state index contributed by atoms with van der Waals surface area (Å²) in [4.78, 5) is 15.8. The monoisotopic (exact) mass is 205 g/mol. The minimum atomic E-state index is -0.384. The van der Waals surface area contributed by atoms with Crippen LogP contribution in [0.3, 0.4) is 0 Å². The quantitative estimate of drug-likeness (QED) is 0.691. The second-order valence-electron chi connectivity index (χ2n) is 3.12. The van der Waals surface area contributed by atoms with Gasteiger partial charge < -0.3 is 4.74 Å². The summed E-state index contributed by atoms with van der Waals surface area (Å²) in [6.07, 6.45) is 3.24. The van der Waals surface area contributed by atoms with Gasteiger partial charge in [0, 0.05) is 11.9 Å². The van der Waals surface area contributed by atoms with Crippen LogP contribution < -0.4 is 0 Å². The number of carbonyl (C=O) groups excluding carboxylic acids is 1. The summed E-state index contributed by atoms with van der Waals surface area (Å²) in [5.74, 6) is -0.384. The number of rotatable bonds is 2. The van der Waals surface area contributed by atoms with Crippen LogP contribution in [0.4, 0.5) is 0 Å². The van der Waals surface area contributed by atoms with Crippen molar-refractivity contribution >= 4 is 11.6 Å². The van der Waals surface area contributed by atoms with Crippen molar-refractivity contribution in [2.45, 2.75) is 13.8 Å². The van der Waals surface area contributed by atoms with Crippen molar-refractivity contribution in [3.63, 3.8) is 0 Å². The number of fused-ring (bicyclic) bond motifs is 1. The standard InChI is InChI=1S/C10H11N3O2/c1-3-15-10(14)8-6-11-13-5-4-7(2)12-9(8)13/h4-6H,3H2,1-2H3. The largest absolute Gasteiger partial charge is 0.462 e. The van der Waals surface area contributed by atoms with Crippen molar-refractivity contribution in [3.05, 3.63) is 29.7 Å². The highest BCUT2D eigenvalue weighted by molar-refractivity contribution is 5.95. The molecule has 0 N–H and O–H groups in total. The fraction of sp³-hybridized carbons (Fsp3) is 0.300. The molecular weight excluding hydrogens is 194 g/mol. The third-order valence-electron chi connectivity index (χ3n) is 2.00. The maximum atomic E-state index is 11.5. The van der Waals surface area contributed by atoms with Crippen LogP contribution in [0.5, 0.6) is 0 Å². The van der Waals surface area contributed by atoms with Gasteiger partial charge in [0.15, 0.2) is 5.65 Å². The lowest BCUT2D eigenvalue weighted by Crippen LogP contribution is -2.05. The highest BCUT2D eigenvalue weighted by Gasteiger charge is 2.14. The van der Waals surface area contributed by atoms with Gasteiger partial charge in [0.05, 0.1) is 12.8 Å². The molecule has 78 valence electrons. The number of nitrogens with zero attached hydrogens (tertiary/aromatic N) is 3. The molecule has 5 heteroatoms. The Morgan fingerprint density at radius 1 is 1.60 bits per heavy atom. The Hall–Kier alpha value is -1.91. The summed E-state index contributed by atoms with van der Waals surface area (Å²) < 4.78 is 6.46. The first-order valence-corrected chi connectivity index (χ1v) is 4.70. The Balaban J connectivity index is 2.52. The maximum absolute atomic E-state index is 11.5. The molecule has 0 bridgehead atoms. The van der Waals surface area contributed by atoms with E-state index in [4.69, 9.17) is 4.74 Å². The highest BCUT2D eigenvalue weighted by Crippen LogP contribution is 2.09. The first-order valence-electron chi connectivity index (χ1n) is 4.70. The first kappa shape index (κ1) is 9.64. The Labute approximate surface area is 86.7 Å². The third kappa shape index (κ3) is 1.68. The molecule has 0 aromatic carbocycles. The molecule has 2 heterocycles. The summed E-state index contributed by atoms with van der Waals surface area (Å²) in [7, 11) is 0. The van der Waals surface area contributed by atoms with Gasteiger partial charge in [-0.3, -0.25) is 0 Å². The lowest BCUT2D eigenvalue weighted by molar-refractivity contribution is 0.0528. The van der Waals surface area contributed by atoms with Crippen LogP contribution in [0.25, 0.3) is 5.65 Å². The smallest absolute Gasteiger partial charge is 0.343 e. The van der Waals surface area contributed by atoms with E-state index in [-0.39, 0.29) is 5.97 Å². The summed E-state index contributed by atoms with van der Waals surface area (Å²) in [6, 6.07) is 1.83. The number of esters is 1. The number of carbonyl (C=O) groups is 1. The number of aromatic nitrogens is 3. The van der Waals surface area contributed by atoms with Gasteiger partial charge in [0.25, 0.3) is 0 Å². The molecular formula is C10H11N3O2. The molecule has 5 nitrogen and oxygen atoms in total. The predicted molar refractivity (Wildman–Crippen MR) is 53.7 cm³/mol. The van der Waals surface area contributed by atoms with Crippen molar-refractivity contribution in [1.82, 2.24) is 14.6 Å². The molecule has 15 heavy (non-hydrogen) atoms. The second kappa shape index (κ2) is 3.68. The van der Waals surface area contributed by atoms with Gasteiger partial charge in [-0.05, 0) is 19.9 Å². The van der Waals surface area contributed by atoms with Crippen molar-refractivity contribution in [3.8, 4) is 0 Å². The molecule has 2 rings (SSSR count). The average Bonchev–Trinajstić information content (AvgIpc) is 2.60. The van der Waals surface area contributed by atoms with Gasteiger partial charge in [-0.2, -0.15) is 5.10 Å². The van der Waals surface area contributed by atoms with Crippen molar-refractivity contribution in [2.24, 2.45) is 0 Å². The number of aryl methyl sites for hydroxylation is 1. The van der Waals surface area contributed by atoms with Crippen LogP contribution in [0, 0.1) is 6.92 Å². The van der Waals surface area contributed by atoms with Crippen LogP contribution in [0.15, 0.2) is 18.5 Å². The maximum Gasteiger partial charge on any atom is 0.343 e. The zero-order valence-corrected chi connectivity index (χ0v) is 8.60. The minimum Gasteiger partial charge on any atom is -0.462 e. The fourth-order valence-electron chi connectivity index (χ4n) is 1.31. The van der Waals surface area contributed by atoms with Gasteiger partial charge in [-0.25, -0.2) is 14.3 Å². The number of hydrogen-bond donors (Lipinski definition) is 0. The van der Waals surface area contributed by atoms with Crippen LogP contribution >= 0.6 is 0 Å². The third-order valence-corrected chi connectivity index (χ3v) is 2.00. The molecule has 0 fully saturated rings. The zero-order valence-electron chi connectivity index (χ0n) is 8.60. The van der Waals surface area contributed by atoms with Crippen molar-refractivity contribution in [1.29, 1.82) is 0 Å². The molecule has 0 saturated heterocycles. The van der Waals surface area contributed by atoms with Gasteiger partial charge in [-0.1, -0.05) is 0 Å². The number of hydrogen-bond acceptors (Lipinski definition) is 4. The van der Waals surface area contributed by atoms with E-state index in [9.17, 15) is 4.79 Å². The Morgan fingerprint density at radius 3 is 3.13 bits per heavy atom. The van der Waals surface area contributed by atoms with Crippen LogP contribution in [-0.4, -0.2) is 27.2 Å². The van der Waals surface area contributed by atoms with Crippen molar-refractivity contribution < 1.29 is 9.53 Å². The molecule has 0 aliphatic carbocycles. The fourth-order valence-corrected chi connectivity index (χ4v) is 1.31. The van der Waals surface area contributed by atoms with E-state index in [1.165, 1.54) is 6.20 Å². The Bertz CT molecular complexity index is 504. The summed E-state index contributed by atoms with van der Waals surface area (Å²) in [6.45, 7) is 3.98. The molecule has 0 spiro atoms. The van der Waals surface area contributed by atoms with Gasteiger partial charge >= 0.3 is 5.97 Å². The number of ether oxygens (including phenoxy) is 1. The highest BCUT2D eigenvalue weighted by atomic mass is 16.5. The minimum absolute atomic E-state index is 0.349. The summed E-state index contributed by atoms with van der Waals surface area (Å²) >= 11 is 0. The topological polar surface area (TPSA) is 56.5 Å². The first-order chi connectivity index (χ1) is 7.22. The molecule has 0 amide bonds. The zero-order chi connectivity index (χ0) is 10.8. The normalized spacial score (nSPS) is 10.5. The van der Waals surface area contributed by atoms with Crippen LogP contribution in [0.1, 0.15) is 23.0 Å². The van der Waals surface area contributed by atoms with E-state index in [0.717, 1.165) is 5.69 Å². The molecule has 0 radical (unpaired) electrons. The average molecular weight is 205 g/mol. The molecule has 0 aliphatic heterocycles. The van der Waals surface area contributed by atoms with E-state index >= 15 is 0 Å². The van der Waals surface area contributed by atoms with Crippen molar-refractivity contribution in [2.75, 3.05) is 6.61 Å². The van der Waals surface area contributed by atoms with E-state index in [0.29, 0.717) is 17.8 Å². The molecule has 0 aliphatic rings. The lowest BCUT2D eigenvalue weighted by atomic mass is 10.3. The van der Waals surface area contributed by atoms with E-state index in [1.54, 1.807) is 17.6 Å². The molecule has 2 aromatic rings. The molecule has 2 aromatic heterocycles. The Morgan fingerprint density at radius 2 is 2.40 bits per heavy atom. The van der Waals surface area contributed by atoms with E-state index < -0.39 is 0 Å². The molecule has 0 unspecified atom stereocenters. The van der Waals surface area contributed by atoms with Gasteiger partial charge in [0.2, 0.25) is 0 Å². The SMILES string of the molecule is CCOC(=O)c1cnn2ccc(C)nc12. The van der Waals surface area contributed by atoms with Gasteiger partial charge in [-0.15, -0.1) is 0 Å². The second-order valence-corrected chi connectivity index (χ2v) is 3.12. The summed E-state index contributed by atoms with van der Waals surface area (Å²) in [5, 5.41) is 4.02. The predicted octanol–water partition coefficient (Wildman–Crippen LogP) is 1.21. The molecule has 0 saturated carbocycles. The van der Waals surface area contributed by atoms with Gasteiger partial charge in [0.1, 0.15) is 5.56 Å².